The van der Waals surface area contributed by atoms with Gasteiger partial charge in [0.25, 0.3) is 0 Å². The molecule has 2 aromatic heterocycles. The Kier molecular flexibility index (Phi) is 4.07. The molecule has 2 aliphatic heterocycles. The van der Waals surface area contributed by atoms with Crippen LogP contribution in [-0.4, -0.2) is 19.7 Å². The molecule has 0 saturated heterocycles. The summed E-state index contributed by atoms with van der Waals surface area (Å²) in [5, 5.41) is 8.73. The summed E-state index contributed by atoms with van der Waals surface area (Å²) in [6.45, 7) is 2.08. The van der Waals surface area contributed by atoms with Crippen LogP contribution in [0.2, 0.25) is 5.02 Å². The summed E-state index contributed by atoms with van der Waals surface area (Å²) in [7, 11) is 0. The van der Waals surface area contributed by atoms with E-state index < -0.39 is 0 Å². The fourth-order valence-corrected chi connectivity index (χ4v) is 4.48. The second-order valence-electron chi connectivity index (χ2n) is 7.72. The summed E-state index contributed by atoms with van der Waals surface area (Å²) in [5.74, 6) is 1.52. The molecule has 2 atom stereocenters. The van der Waals surface area contributed by atoms with E-state index >= 15 is 0 Å². The van der Waals surface area contributed by atoms with E-state index in [4.69, 9.17) is 16.3 Å². The second-order valence-corrected chi connectivity index (χ2v) is 8.16. The van der Waals surface area contributed by atoms with Crippen molar-refractivity contribution in [2.45, 2.75) is 19.1 Å². The predicted molar refractivity (Wildman–Crippen MR) is 119 cm³/mol. The Balaban J connectivity index is 1.64. The minimum Gasteiger partial charge on any atom is -0.480 e. The van der Waals surface area contributed by atoms with Crippen molar-refractivity contribution in [3.63, 3.8) is 0 Å². The van der Waals surface area contributed by atoms with Crippen LogP contribution in [0.4, 0.5) is 5.95 Å². The number of aryl methyl sites for hydroxylation is 1. The van der Waals surface area contributed by atoms with E-state index in [0.29, 0.717) is 11.0 Å². The van der Waals surface area contributed by atoms with Crippen molar-refractivity contribution in [2.24, 2.45) is 0 Å². The molecule has 0 amide bonds. The molecule has 2 aliphatic rings. The summed E-state index contributed by atoms with van der Waals surface area (Å²) in [4.78, 5) is 8.82. The minimum absolute atomic E-state index is 0.211. The molecule has 0 unspecified atom stereocenters. The zero-order valence-electron chi connectivity index (χ0n) is 16.7. The van der Waals surface area contributed by atoms with E-state index in [1.54, 1.807) is 12.5 Å². The molecule has 0 saturated carbocycles. The summed E-state index contributed by atoms with van der Waals surface area (Å²) < 4.78 is 8.49. The van der Waals surface area contributed by atoms with Gasteiger partial charge >= 0.3 is 0 Å². The van der Waals surface area contributed by atoms with Gasteiger partial charge in [0.05, 0.1) is 5.70 Å². The highest BCUT2D eigenvalue weighted by Gasteiger charge is 2.41. The fourth-order valence-electron chi connectivity index (χ4n) is 4.35. The molecule has 0 aliphatic carbocycles. The Bertz CT molecular complexity index is 1310. The third-order valence-electron chi connectivity index (χ3n) is 5.74. The van der Waals surface area contributed by atoms with Crippen LogP contribution in [0.5, 0.6) is 5.75 Å². The molecule has 1 N–H and O–H groups in total. The summed E-state index contributed by atoms with van der Waals surface area (Å²) in [6, 6.07) is 17.8. The molecular weight excluding hydrogens is 410 g/mol. The molecule has 4 heterocycles. The van der Waals surface area contributed by atoms with Crippen LogP contribution in [-0.2, 0) is 0 Å². The van der Waals surface area contributed by atoms with Crippen molar-refractivity contribution in [1.29, 1.82) is 0 Å². The first kappa shape index (κ1) is 18.2. The number of ether oxygens (including phenoxy) is 1. The van der Waals surface area contributed by atoms with Gasteiger partial charge in [-0.3, -0.25) is 4.98 Å². The molecule has 2 aromatic carbocycles. The standard InChI is InChI=1S/C24H18ClN5O/c1-14-4-9-19-18(11-14)21-20(23(31-19)15-5-7-17(25)8-6-15)22(16-3-2-10-26-12-16)30-24(29-21)27-13-28-30/h2-13,22-23H,1H3,(H,27,28,29)/t22-,23+/m1/s1. The third kappa shape index (κ3) is 2.91. The summed E-state index contributed by atoms with van der Waals surface area (Å²) in [6.07, 6.45) is 4.89. The van der Waals surface area contributed by atoms with Gasteiger partial charge in [-0.1, -0.05) is 41.4 Å². The molecule has 0 fully saturated rings. The number of nitrogens with zero attached hydrogens (tertiary/aromatic N) is 4. The quantitative estimate of drug-likeness (QED) is 0.476. The highest BCUT2D eigenvalue weighted by Crippen LogP contribution is 2.50. The van der Waals surface area contributed by atoms with Gasteiger partial charge in [0.1, 0.15) is 24.2 Å². The lowest BCUT2D eigenvalue weighted by atomic mass is 9.85. The first-order valence-electron chi connectivity index (χ1n) is 10.0. The van der Waals surface area contributed by atoms with Gasteiger partial charge < -0.3 is 10.1 Å². The highest BCUT2D eigenvalue weighted by atomic mass is 35.5. The number of benzene rings is 2. The summed E-state index contributed by atoms with van der Waals surface area (Å²) >= 11 is 6.17. The lowest BCUT2D eigenvalue weighted by Crippen LogP contribution is -2.32. The molecule has 6 rings (SSSR count). The Morgan fingerprint density at radius 2 is 1.94 bits per heavy atom. The average Bonchev–Trinajstić information content (AvgIpc) is 3.27. The van der Waals surface area contributed by atoms with E-state index in [1.807, 2.05) is 47.3 Å². The van der Waals surface area contributed by atoms with E-state index in [9.17, 15) is 0 Å². The van der Waals surface area contributed by atoms with Crippen LogP contribution in [0.3, 0.4) is 0 Å². The monoisotopic (exact) mass is 427 g/mol. The number of anilines is 1. The molecule has 4 aromatic rings. The van der Waals surface area contributed by atoms with Gasteiger partial charge in [-0.2, -0.15) is 10.1 Å². The lowest BCUT2D eigenvalue weighted by Gasteiger charge is -2.39. The highest BCUT2D eigenvalue weighted by molar-refractivity contribution is 6.30. The minimum atomic E-state index is -0.322. The first-order chi connectivity index (χ1) is 15.2. The number of hydrogen-bond donors (Lipinski definition) is 1. The Morgan fingerprint density at radius 1 is 1.06 bits per heavy atom. The van der Waals surface area contributed by atoms with Gasteiger partial charge in [-0.05, 0) is 48.4 Å². The van der Waals surface area contributed by atoms with Gasteiger partial charge in [-0.25, -0.2) is 4.68 Å². The molecule has 31 heavy (non-hydrogen) atoms. The Labute approximate surface area is 184 Å². The normalized spacial score (nSPS) is 19.0. The van der Waals surface area contributed by atoms with Gasteiger partial charge in [0.2, 0.25) is 5.95 Å². The van der Waals surface area contributed by atoms with E-state index in [0.717, 1.165) is 39.3 Å². The van der Waals surface area contributed by atoms with Gasteiger partial charge in [-0.15, -0.1) is 0 Å². The molecule has 152 valence electrons. The van der Waals surface area contributed by atoms with Gasteiger partial charge in [0, 0.05) is 28.6 Å². The maximum atomic E-state index is 6.60. The second kappa shape index (κ2) is 6.96. The zero-order valence-corrected chi connectivity index (χ0v) is 17.4. The van der Waals surface area contributed by atoms with Crippen molar-refractivity contribution in [3.8, 4) is 5.75 Å². The number of halogens is 1. The number of hydrogen-bond acceptors (Lipinski definition) is 5. The lowest BCUT2D eigenvalue weighted by molar-refractivity contribution is 0.223. The van der Waals surface area contributed by atoms with Crippen LogP contribution in [0, 0.1) is 6.92 Å². The number of nitrogens with one attached hydrogen (secondary N) is 1. The fraction of sp³-hybridized carbons (Fsp3) is 0.125. The molecule has 0 bridgehead atoms. The molecular formula is C24H18ClN5O. The first-order valence-corrected chi connectivity index (χ1v) is 10.4. The maximum Gasteiger partial charge on any atom is 0.226 e. The number of pyridine rings is 1. The molecule has 7 heteroatoms. The SMILES string of the molecule is Cc1ccc2c(c1)C1=C([C@H](c3ccc(Cl)cc3)O2)[C@@H](c2cccnc2)n2ncnc2N1. The van der Waals surface area contributed by atoms with E-state index in [-0.39, 0.29) is 12.1 Å². The number of aromatic nitrogens is 4. The molecule has 6 nitrogen and oxygen atoms in total. The van der Waals surface area contributed by atoms with Crippen LogP contribution in [0.1, 0.15) is 34.4 Å². The number of rotatable bonds is 2. The third-order valence-corrected chi connectivity index (χ3v) is 5.99. The maximum absolute atomic E-state index is 6.60. The average molecular weight is 428 g/mol. The van der Waals surface area contributed by atoms with Crippen molar-refractivity contribution in [2.75, 3.05) is 5.32 Å². The van der Waals surface area contributed by atoms with Crippen molar-refractivity contribution in [1.82, 2.24) is 19.7 Å². The largest absolute Gasteiger partial charge is 0.480 e. The van der Waals surface area contributed by atoms with Gasteiger partial charge in [0.15, 0.2) is 0 Å². The molecule has 0 radical (unpaired) electrons. The van der Waals surface area contributed by atoms with Crippen LogP contribution < -0.4 is 10.1 Å². The Hall–Kier alpha value is -3.64. The van der Waals surface area contributed by atoms with E-state index in [1.165, 1.54) is 0 Å². The smallest absolute Gasteiger partial charge is 0.226 e. The zero-order chi connectivity index (χ0) is 20.9. The van der Waals surface area contributed by atoms with Crippen LogP contribution >= 0.6 is 11.6 Å². The summed E-state index contributed by atoms with van der Waals surface area (Å²) in [5.41, 5.74) is 6.27. The van der Waals surface area contributed by atoms with Crippen LogP contribution in [0.15, 0.2) is 78.9 Å². The van der Waals surface area contributed by atoms with Crippen molar-refractivity contribution in [3.05, 3.63) is 106 Å². The topological polar surface area (TPSA) is 64.9 Å². The Morgan fingerprint density at radius 3 is 2.74 bits per heavy atom. The predicted octanol–water partition coefficient (Wildman–Crippen LogP) is 5.19. The molecule has 0 spiro atoms. The van der Waals surface area contributed by atoms with Crippen molar-refractivity contribution >= 4 is 23.2 Å². The van der Waals surface area contributed by atoms with Crippen molar-refractivity contribution < 1.29 is 4.74 Å². The van der Waals surface area contributed by atoms with E-state index in [2.05, 4.69) is 45.5 Å². The number of fused-ring (bicyclic) bond motifs is 3. The van der Waals surface area contributed by atoms with Crippen LogP contribution in [0.25, 0.3) is 5.70 Å².